The number of aromatic nitrogens is 2. The third-order valence-electron chi connectivity index (χ3n) is 2.43. The zero-order valence-corrected chi connectivity index (χ0v) is 9.58. The summed E-state index contributed by atoms with van der Waals surface area (Å²) in [5, 5.41) is 2.75. The fraction of sp³-hybridized carbons (Fsp3) is 0.167. The minimum atomic E-state index is -4.70. The lowest BCUT2D eigenvalue weighted by Crippen LogP contribution is -2.11. The molecule has 0 spiro atoms. The first kappa shape index (κ1) is 13.3. The molecule has 100 valence electrons. The smallest absolute Gasteiger partial charge is 0.378 e. The summed E-state index contributed by atoms with van der Waals surface area (Å²) in [5.41, 5.74) is -0.839. The Hall–Kier alpha value is -2.18. The summed E-state index contributed by atoms with van der Waals surface area (Å²) < 4.78 is 51.2. The van der Waals surface area contributed by atoms with E-state index in [0.29, 0.717) is 11.8 Å². The Balaban J connectivity index is 2.18. The number of halogens is 4. The highest BCUT2D eigenvalue weighted by Crippen LogP contribution is 2.32. The molecule has 1 aromatic carbocycles. The maximum absolute atomic E-state index is 13.7. The Kier molecular flexibility index (Phi) is 3.64. The van der Waals surface area contributed by atoms with E-state index in [9.17, 15) is 17.6 Å². The third kappa shape index (κ3) is 3.18. The second-order valence-corrected chi connectivity index (χ2v) is 3.76. The fourth-order valence-electron chi connectivity index (χ4n) is 1.52. The van der Waals surface area contributed by atoms with Crippen molar-refractivity contribution in [3.05, 3.63) is 53.9 Å². The number of rotatable bonds is 3. The highest BCUT2D eigenvalue weighted by Gasteiger charge is 2.34. The normalized spacial score (nSPS) is 11.4. The van der Waals surface area contributed by atoms with Crippen molar-refractivity contribution in [2.24, 2.45) is 0 Å². The quantitative estimate of drug-likeness (QED) is 0.871. The van der Waals surface area contributed by atoms with Crippen LogP contribution in [0.1, 0.15) is 11.1 Å². The van der Waals surface area contributed by atoms with Gasteiger partial charge in [-0.2, -0.15) is 13.2 Å². The highest BCUT2D eigenvalue weighted by atomic mass is 19.4. The summed E-state index contributed by atoms with van der Waals surface area (Å²) in [7, 11) is 0. The summed E-state index contributed by atoms with van der Waals surface area (Å²) in [6, 6.07) is 3.18. The minimum absolute atomic E-state index is 0.0707. The van der Waals surface area contributed by atoms with Crippen LogP contribution in [0.5, 0.6) is 0 Å². The second kappa shape index (κ2) is 5.21. The van der Waals surface area contributed by atoms with Gasteiger partial charge in [0.05, 0.1) is 23.6 Å². The van der Waals surface area contributed by atoms with Crippen molar-refractivity contribution in [2.75, 3.05) is 5.32 Å². The van der Waals surface area contributed by atoms with Crippen molar-refractivity contribution in [1.29, 1.82) is 0 Å². The van der Waals surface area contributed by atoms with Crippen LogP contribution in [0.4, 0.5) is 23.2 Å². The Morgan fingerprint density at radius 2 is 1.79 bits per heavy atom. The molecule has 0 bridgehead atoms. The van der Waals surface area contributed by atoms with Gasteiger partial charge in [0.1, 0.15) is 12.1 Å². The molecule has 1 heterocycles. The number of alkyl halides is 3. The van der Waals surface area contributed by atoms with E-state index >= 15 is 0 Å². The van der Waals surface area contributed by atoms with Gasteiger partial charge < -0.3 is 5.32 Å². The molecular weight excluding hydrogens is 262 g/mol. The molecule has 0 radical (unpaired) electrons. The van der Waals surface area contributed by atoms with Crippen LogP contribution in [0.2, 0.25) is 0 Å². The van der Waals surface area contributed by atoms with Crippen LogP contribution in [-0.2, 0) is 12.7 Å². The molecule has 7 heteroatoms. The molecule has 0 aliphatic rings. The van der Waals surface area contributed by atoms with Crippen molar-refractivity contribution in [1.82, 2.24) is 9.97 Å². The third-order valence-corrected chi connectivity index (χ3v) is 2.43. The van der Waals surface area contributed by atoms with Gasteiger partial charge in [-0.3, -0.25) is 0 Å². The van der Waals surface area contributed by atoms with Crippen LogP contribution < -0.4 is 5.32 Å². The van der Waals surface area contributed by atoms with Crippen LogP contribution in [0.3, 0.4) is 0 Å². The summed E-state index contributed by atoms with van der Waals surface area (Å²) in [4.78, 5) is 7.46. The Labute approximate surface area is 106 Å². The van der Waals surface area contributed by atoms with Gasteiger partial charge >= 0.3 is 6.18 Å². The van der Waals surface area contributed by atoms with Gasteiger partial charge in [-0.15, -0.1) is 0 Å². The maximum Gasteiger partial charge on any atom is 0.419 e. The lowest BCUT2D eigenvalue weighted by atomic mass is 10.1. The summed E-state index contributed by atoms with van der Waals surface area (Å²) >= 11 is 0. The van der Waals surface area contributed by atoms with E-state index < -0.39 is 17.6 Å². The molecule has 19 heavy (non-hydrogen) atoms. The van der Waals surface area contributed by atoms with E-state index in [1.807, 2.05) is 0 Å². The van der Waals surface area contributed by atoms with Crippen molar-refractivity contribution in [2.45, 2.75) is 12.7 Å². The van der Waals surface area contributed by atoms with Crippen LogP contribution in [0.15, 0.2) is 36.9 Å². The van der Waals surface area contributed by atoms with E-state index in [1.165, 1.54) is 30.9 Å². The van der Waals surface area contributed by atoms with Gasteiger partial charge in [-0.25, -0.2) is 14.4 Å². The first-order valence-corrected chi connectivity index (χ1v) is 5.32. The SMILES string of the molecule is Fc1c(CNc2cncnc2)cccc1C(F)(F)F. The van der Waals surface area contributed by atoms with Crippen molar-refractivity contribution in [3.8, 4) is 0 Å². The Morgan fingerprint density at radius 1 is 1.11 bits per heavy atom. The van der Waals surface area contributed by atoms with E-state index in [2.05, 4.69) is 15.3 Å². The Morgan fingerprint density at radius 3 is 2.42 bits per heavy atom. The van der Waals surface area contributed by atoms with Crippen molar-refractivity contribution < 1.29 is 17.6 Å². The lowest BCUT2D eigenvalue weighted by Gasteiger charge is -2.12. The molecule has 0 saturated carbocycles. The first-order chi connectivity index (χ1) is 8.98. The maximum atomic E-state index is 13.7. The van der Waals surface area contributed by atoms with Gasteiger partial charge in [0, 0.05) is 12.1 Å². The molecule has 0 aliphatic carbocycles. The lowest BCUT2D eigenvalue weighted by molar-refractivity contribution is -0.140. The van der Waals surface area contributed by atoms with Gasteiger partial charge in [-0.1, -0.05) is 12.1 Å². The number of nitrogens with zero attached hydrogens (tertiary/aromatic N) is 2. The first-order valence-electron chi connectivity index (χ1n) is 5.32. The molecule has 0 amide bonds. The van der Waals surface area contributed by atoms with Crippen LogP contribution >= 0.6 is 0 Å². The molecule has 0 fully saturated rings. The zero-order chi connectivity index (χ0) is 13.9. The largest absolute Gasteiger partial charge is 0.419 e. The molecule has 0 saturated heterocycles. The monoisotopic (exact) mass is 271 g/mol. The second-order valence-electron chi connectivity index (χ2n) is 3.76. The topological polar surface area (TPSA) is 37.8 Å². The molecule has 1 aromatic heterocycles. The van der Waals surface area contributed by atoms with E-state index in [0.717, 1.165) is 0 Å². The zero-order valence-electron chi connectivity index (χ0n) is 9.58. The van der Waals surface area contributed by atoms with E-state index in [4.69, 9.17) is 0 Å². The van der Waals surface area contributed by atoms with Crippen LogP contribution in [0.25, 0.3) is 0 Å². The molecule has 0 unspecified atom stereocenters. The van der Waals surface area contributed by atoms with Gasteiger partial charge in [0.25, 0.3) is 0 Å². The average molecular weight is 271 g/mol. The summed E-state index contributed by atoms with van der Waals surface area (Å²) in [6.45, 7) is -0.0802. The molecule has 2 aromatic rings. The predicted molar refractivity (Wildman–Crippen MR) is 60.8 cm³/mol. The number of benzene rings is 1. The summed E-state index contributed by atoms with van der Waals surface area (Å²) in [5.74, 6) is -1.26. The summed E-state index contributed by atoms with van der Waals surface area (Å²) in [6.07, 6.45) is -0.497. The van der Waals surface area contributed by atoms with Crippen LogP contribution in [0, 0.1) is 5.82 Å². The highest BCUT2D eigenvalue weighted by molar-refractivity contribution is 5.39. The molecule has 2 rings (SSSR count). The van der Waals surface area contributed by atoms with E-state index in [-0.39, 0.29) is 12.1 Å². The van der Waals surface area contributed by atoms with Gasteiger partial charge in [0.15, 0.2) is 0 Å². The van der Waals surface area contributed by atoms with Crippen molar-refractivity contribution in [3.63, 3.8) is 0 Å². The van der Waals surface area contributed by atoms with Crippen molar-refractivity contribution >= 4 is 5.69 Å². The Bertz CT molecular complexity index is 555. The number of hydrogen-bond donors (Lipinski definition) is 1. The molecule has 1 N–H and O–H groups in total. The number of nitrogens with one attached hydrogen (secondary N) is 1. The predicted octanol–water partition coefficient (Wildman–Crippen LogP) is 3.25. The van der Waals surface area contributed by atoms with Gasteiger partial charge in [0.2, 0.25) is 0 Å². The number of anilines is 1. The average Bonchev–Trinajstić information content (AvgIpc) is 2.37. The molecule has 3 nitrogen and oxygen atoms in total. The fourth-order valence-corrected chi connectivity index (χ4v) is 1.52. The number of hydrogen-bond acceptors (Lipinski definition) is 3. The standard InChI is InChI=1S/C12H9F4N3/c13-11-8(2-1-3-10(11)12(14,15)16)4-19-9-5-17-7-18-6-9/h1-3,5-7,19H,4H2. The minimum Gasteiger partial charge on any atom is -0.378 e. The molecule has 0 aliphatic heterocycles. The molecule has 0 atom stereocenters. The van der Waals surface area contributed by atoms with Gasteiger partial charge in [-0.05, 0) is 6.07 Å². The molecular formula is C12H9F4N3. The van der Waals surface area contributed by atoms with Crippen LogP contribution in [-0.4, -0.2) is 9.97 Å². The van der Waals surface area contributed by atoms with E-state index in [1.54, 1.807) is 0 Å².